The molecule has 1 aliphatic rings. The lowest BCUT2D eigenvalue weighted by atomic mass is 10.0. The molecule has 0 aromatic heterocycles. The van der Waals surface area contributed by atoms with Crippen LogP contribution in [0.3, 0.4) is 0 Å². The SMILES string of the molecule is CN(C1=C(c2ccc(F)cc2)C(=O)NC1=O)c1ccccc1. The zero-order chi connectivity index (χ0) is 15.7. The second-order valence-corrected chi connectivity index (χ2v) is 4.91. The van der Waals surface area contributed by atoms with Crippen molar-refractivity contribution in [3.05, 3.63) is 71.7 Å². The first kappa shape index (κ1) is 14.0. The molecule has 0 unspecified atom stereocenters. The van der Waals surface area contributed by atoms with Gasteiger partial charge in [0.25, 0.3) is 11.8 Å². The van der Waals surface area contributed by atoms with Gasteiger partial charge in [0, 0.05) is 12.7 Å². The maximum absolute atomic E-state index is 13.1. The number of halogens is 1. The van der Waals surface area contributed by atoms with Gasteiger partial charge in [0.2, 0.25) is 0 Å². The van der Waals surface area contributed by atoms with Crippen LogP contribution in [0.5, 0.6) is 0 Å². The number of anilines is 1. The lowest BCUT2D eigenvalue weighted by Gasteiger charge is -2.20. The van der Waals surface area contributed by atoms with E-state index in [0.717, 1.165) is 5.69 Å². The molecule has 2 aromatic carbocycles. The third kappa shape index (κ3) is 2.37. The highest BCUT2D eigenvalue weighted by atomic mass is 19.1. The fourth-order valence-electron chi connectivity index (χ4n) is 2.43. The van der Waals surface area contributed by atoms with Gasteiger partial charge >= 0.3 is 0 Å². The van der Waals surface area contributed by atoms with Gasteiger partial charge in [-0.2, -0.15) is 0 Å². The van der Waals surface area contributed by atoms with Crippen LogP contribution >= 0.6 is 0 Å². The van der Waals surface area contributed by atoms with Crippen LogP contribution in [0.15, 0.2) is 60.3 Å². The van der Waals surface area contributed by atoms with Crippen LogP contribution in [0.25, 0.3) is 5.57 Å². The van der Waals surface area contributed by atoms with Crippen LogP contribution in [-0.4, -0.2) is 18.9 Å². The van der Waals surface area contributed by atoms with Crippen LogP contribution < -0.4 is 10.2 Å². The lowest BCUT2D eigenvalue weighted by Crippen LogP contribution is -2.28. The molecule has 0 fully saturated rings. The Bertz CT molecular complexity index is 767. The highest BCUT2D eigenvalue weighted by Crippen LogP contribution is 2.29. The van der Waals surface area contributed by atoms with Crippen LogP contribution in [0.2, 0.25) is 0 Å². The molecule has 0 atom stereocenters. The van der Waals surface area contributed by atoms with Crippen molar-refractivity contribution in [3.63, 3.8) is 0 Å². The van der Waals surface area contributed by atoms with E-state index in [9.17, 15) is 14.0 Å². The fourth-order valence-corrected chi connectivity index (χ4v) is 2.43. The summed E-state index contributed by atoms with van der Waals surface area (Å²) < 4.78 is 13.1. The van der Waals surface area contributed by atoms with Gasteiger partial charge in [-0.1, -0.05) is 30.3 Å². The van der Waals surface area contributed by atoms with E-state index >= 15 is 0 Å². The molecule has 22 heavy (non-hydrogen) atoms. The van der Waals surface area contributed by atoms with Crippen molar-refractivity contribution in [3.8, 4) is 0 Å². The number of carbonyl (C=O) groups is 2. The second kappa shape index (κ2) is 5.44. The minimum Gasteiger partial charge on any atom is -0.339 e. The minimum absolute atomic E-state index is 0.247. The maximum atomic E-state index is 13.1. The van der Waals surface area contributed by atoms with Gasteiger partial charge in [-0.05, 0) is 29.8 Å². The number of likely N-dealkylation sites (N-methyl/N-ethyl adjacent to an activating group) is 1. The molecule has 0 saturated carbocycles. The molecule has 0 radical (unpaired) electrons. The Morgan fingerprint density at radius 1 is 0.909 bits per heavy atom. The summed E-state index contributed by atoms with van der Waals surface area (Å²) in [5.41, 5.74) is 1.78. The Hall–Kier alpha value is -2.95. The van der Waals surface area contributed by atoms with E-state index in [2.05, 4.69) is 5.32 Å². The van der Waals surface area contributed by atoms with Gasteiger partial charge < -0.3 is 4.90 Å². The van der Waals surface area contributed by atoms with Crippen molar-refractivity contribution < 1.29 is 14.0 Å². The summed E-state index contributed by atoms with van der Waals surface area (Å²) in [6.07, 6.45) is 0. The summed E-state index contributed by atoms with van der Waals surface area (Å²) in [5.74, 6) is -1.34. The lowest BCUT2D eigenvalue weighted by molar-refractivity contribution is -0.123. The summed E-state index contributed by atoms with van der Waals surface area (Å²) in [6.45, 7) is 0. The molecule has 2 aromatic rings. The molecule has 1 heterocycles. The van der Waals surface area contributed by atoms with Crippen molar-refractivity contribution in [2.75, 3.05) is 11.9 Å². The van der Waals surface area contributed by atoms with Crippen LogP contribution in [0.4, 0.5) is 10.1 Å². The number of rotatable bonds is 3. The molecule has 0 saturated heterocycles. The number of imide groups is 1. The molecule has 0 bridgehead atoms. The van der Waals surface area contributed by atoms with Crippen LogP contribution in [0, 0.1) is 5.82 Å². The Balaban J connectivity index is 2.13. The van der Waals surface area contributed by atoms with Gasteiger partial charge in [-0.3, -0.25) is 14.9 Å². The van der Waals surface area contributed by atoms with Crippen molar-refractivity contribution in [2.24, 2.45) is 0 Å². The number of benzene rings is 2. The third-order valence-corrected chi connectivity index (χ3v) is 3.52. The number of para-hydroxylation sites is 1. The zero-order valence-corrected chi connectivity index (χ0v) is 11.8. The highest BCUT2D eigenvalue weighted by Gasteiger charge is 2.34. The quantitative estimate of drug-likeness (QED) is 0.884. The number of nitrogens with one attached hydrogen (secondary N) is 1. The average Bonchev–Trinajstić information content (AvgIpc) is 2.82. The largest absolute Gasteiger partial charge is 0.339 e. The molecule has 4 nitrogen and oxygen atoms in total. The molecular weight excluding hydrogens is 283 g/mol. The number of hydrogen-bond donors (Lipinski definition) is 1. The van der Waals surface area contributed by atoms with E-state index in [4.69, 9.17) is 0 Å². The topological polar surface area (TPSA) is 49.4 Å². The van der Waals surface area contributed by atoms with Gasteiger partial charge in [0.1, 0.15) is 11.5 Å². The molecular formula is C17H13FN2O2. The molecule has 2 amide bonds. The summed E-state index contributed by atoms with van der Waals surface area (Å²) >= 11 is 0. The van der Waals surface area contributed by atoms with Gasteiger partial charge in [0.15, 0.2) is 0 Å². The summed E-state index contributed by atoms with van der Waals surface area (Å²) in [4.78, 5) is 25.9. The molecule has 1 N–H and O–H groups in total. The Morgan fingerprint density at radius 3 is 2.18 bits per heavy atom. The monoisotopic (exact) mass is 296 g/mol. The Labute approximate surface area is 126 Å². The number of amides is 2. The average molecular weight is 296 g/mol. The Kier molecular flexibility index (Phi) is 3.47. The van der Waals surface area contributed by atoms with Crippen molar-refractivity contribution in [1.82, 2.24) is 5.32 Å². The fraction of sp³-hybridized carbons (Fsp3) is 0.0588. The van der Waals surface area contributed by atoms with E-state index in [1.54, 1.807) is 11.9 Å². The van der Waals surface area contributed by atoms with Crippen molar-refractivity contribution >= 4 is 23.1 Å². The molecule has 0 aliphatic carbocycles. The first-order chi connectivity index (χ1) is 10.6. The van der Waals surface area contributed by atoms with E-state index in [-0.39, 0.29) is 11.3 Å². The first-order valence-corrected chi connectivity index (χ1v) is 6.72. The van der Waals surface area contributed by atoms with E-state index in [1.165, 1.54) is 24.3 Å². The van der Waals surface area contributed by atoms with Crippen LogP contribution in [-0.2, 0) is 9.59 Å². The van der Waals surface area contributed by atoms with E-state index in [0.29, 0.717) is 5.56 Å². The number of hydrogen-bond acceptors (Lipinski definition) is 3. The number of carbonyl (C=O) groups excluding carboxylic acids is 2. The predicted octanol–water partition coefficient (Wildman–Crippen LogP) is 2.33. The molecule has 110 valence electrons. The van der Waals surface area contributed by atoms with Gasteiger partial charge in [-0.15, -0.1) is 0 Å². The number of nitrogens with zero attached hydrogens (tertiary/aromatic N) is 1. The normalized spacial score (nSPS) is 14.3. The molecule has 0 spiro atoms. The molecule has 1 aliphatic heterocycles. The maximum Gasteiger partial charge on any atom is 0.275 e. The predicted molar refractivity (Wildman–Crippen MR) is 81.3 cm³/mol. The van der Waals surface area contributed by atoms with E-state index < -0.39 is 17.6 Å². The van der Waals surface area contributed by atoms with Gasteiger partial charge in [-0.25, -0.2) is 4.39 Å². The van der Waals surface area contributed by atoms with Gasteiger partial charge in [0.05, 0.1) is 5.57 Å². The van der Waals surface area contributed by atoms with Crippen molar-refractivity contribution in [1.29, 1.82) is 0 Å². The summed E-state index contributed by atoms with van der Waals surface area (Å²) in [5, 5.41) is 2.29. The Morgan fingerprint density at radius 2 is 1.55 bits per heavy atom. The molecule has 3 rings (SSSR count). The smallest absolute Gasteiger partial charge is 0.275 e. The standard InChI is InChI=1S/C17H13FN2O2/c1-20(13-5-3-2-4-6-13)15-14(16(21)19-17(15)22)11-7-9-12(18)10-8-11/h2-10H,1H3,(H,19,21,22). The zero-order valence-electron chi connectivity index (χ0n) is 11.8. The second-order valence-electron chi connectivity index (χ2n) is 4.91. The highest BCUT2D eigenvalue weighted by molar-refractivity contribution is 6.36. The summed E-state index contributed by atoms with van der Waals surface area (Å²) in [7, 11) is 1.71. The van der Waals surface area contributed by atoms with Crippen molar-refractivity contribution in [2.45, 2.75) is 0 Å². The first-order valence-electron chi connectivity index (χ1n) is 6.72. The minimum atomic E-state index is -0.477. The van der Waals surface area contributed by atoms with Crippen LogP contribution in [0.1, 0.15) is 5.56 Å². The molecule has 5 heteroatoms. The summed E-state index contributed by atoms with van der Waals surface area (Å²) in [6, 6.07) is 14.7. The van der Waals surface area contributed by atoms with E-state index in [1.807, 2.05) is 30.3 Å². The third-order valence-electron chi connectivity index (χ3n) is 3.52.